The number of aromatic nitrogens is 1. The Morgan fingerprint density at radius 2 is 2.10 bits per heavy atom. The number of alkyl halides is 3. The molecule has 0 radical (unpaired) electrons. The Labute approximate surface area is 110 Å². The number of carbonyl (C=O) groups excluding carboxylic acids is 1. The molecule has 0 amide bonds. The third-order valence-corrected chi connectivity index (χ3v) is 1.97. The first kappa shape index (κ1) is 15.7. The number of rotatable bonds is 4. The van der Waals surface area contributed by atoms with E-state index in [2.05, 4.69) is 14.5 Å². The van der Waals surface area contributed by atoms with Gasteiger partial charge in [-0.2, -0.15) is 0 Å². The van der Waals surface area contributed by atoms with E-state index in [1.54, 1.807) is 0 Å². The fourth-order valence-electron chi connectivity index (χ4n) is 1.35. The lowest BCUT2D eigenvalue weighted by Crippen LogP contribution is -2.21. The maximum Gasteiger partial charge on any atom is 0.573 e. The Morgan fingerprint density at radius 1 is 1.50 bits per heavy atom. The van der Waals surface area contributed by atoms with Crippen molar-refractivity contribution in [3.63, 3.8) is 0 Å². The highest BCUT2D eigenvalue weighted by Gasteiger charge is 2.38. The van der Waals surface area contributed by atoms with Gasteiger partial charge in [0.15, 0.2) is 5.69 Å². The minimum absolute atomic E-state index is 0.0192. The second-order valence-electron chi connectivity index (χ2n) is 3.49. The summed E-state index contributed by atoms with van der Waals surface area (Å²) in [5.74, 6) is -3.66. The van der Waals surface area contributed by atoms with Crippen LogP contribution in [0.4, 0.5) is 19.0 Å². The van der Waals surface area contributed by atoms with E-state index in [9.17, 15) is 28.1 Å². The van der Waals surface area contributed by atoms with E-state index in [0.717, 1.165) is 6.07 Å². The van der Waals surface area contributed by atoms with Crippen LogP contribution in [0.25, 0.3) is 0 Å². The number of pyridine rings is 1. The van der Waals surface area contributed by atoms with Crippen LogP contribution in [0.3, 0.4) is 0 Å². The quantitative estimate of drug-likeness (QED) is 0.481. The van der Waals surface area contributed by atoms with Crippen LogP contribution in [-0.2, 0) is 4.74 Å². The minimum atomic E-state index is -5.21. The maximum absolute atomic E-state index is 12.3. The van der Waals surface area contributed by atoms with Crippen LogP contribution in [0, 0.1) is 17.0 Å². The number of aryl methyl sites for hydroxylation is 1. The summed E-state index contributed by atoms with van der Waals surface area (Å²) in [6.45, 7) is 2.61. The van der Waals surface area contributed by atoms with Gasteiger partial charge in [-0.15, -0.1) is 13.2 Å². The van der Waals surface area contributed by atoms with Gasteiger partial charge >= 0.3 is 18.1 Å². The van der Waals surface area contributed by atoms with Crippen molar-refractivity contribution >= 4 is 11.8 Å². The van der Waals surface area contributed by atoms with E-state index in [-0.39, 0.29) is 12.3 Å². The molecule has 1 heterocycles. The third kappa shape index (κ3) is 3.80. The van der Waals surface area contributed by atoms with Crippen LogP contribution >= 0.6 is 0 Å². The fraction of sp³-hybridized carbons (Fsp3) is 0.400. The molecule has 0 aliphatic carbocycles. The summed E-state index contributed by atoms with van der Waals surface area (Å²) in [4.78, 5) is 24.5. The van der Waals surface area contributed by atoms with Crippen molar-refractivity contribution in [3.8, 4) is 5.75 Å². The lowest BCUT2D eigenvalue weighted by molar-refractivity contribution is -0.393. The molecule has 0 bridgehead atoms. The summed E-state index contributed by atoms with van der Waals surface area (Å²) in [6, 6.07) is 0.923. The van der Waals surface area contributed by atoms with Gasteiger partial charge in [-0.05, 0) is 16.8 Å². The molecule has 20 heavy (non-hydrogen) atoms. The summed E-state index contributed by atoms with van der Waals surface area (Å²) in [5, 5.41) is 10.7. The first-order chi connectivity index (χ1) is 9.15. The molecule has 110 valence electrons. The lowest BCUT2D eigenvalue weighted by atomic mass is 10.2. The molecule has 0 saturated carbocycles. The van der Waals surface area contributed by atoms with Crippen molar-refractivity contribution in [3.05, 3.63) is 27.4 Å². The van der Waals surface area contributed by atoms with Gasteiger partial charge in [0.25, 0.3) is 0 Å². The predicted octanol–water partition coefficient (Wildman–Crippen LogP) is 2.37. The van der Waals surface area contributed by atoms with Crippen LogP contribution in [0.2, 0.25) is 0 Å². The number of esters is 1. The van der Waals surface area contributed by atoms with Gasteiger partial charge in [-0.3, -0.25) is 0 Å². The number of halogens is 3. The molecule has 0 aliphatic rings. The van der Waals surface area contributed by atoms with Gasteiger partial charge in [-0.25, -0.2) is 4.79 Å². The zero-order chi connectivity index (χ0) is 15.5. The van der Waals surface area contributed by atoms with E-state index in [1.165, 1.54) is 13.8 Å². The Bertz CT molecular complexity index is 544. The van der Waals surface area contributed by atoms with Crippen molar-refractivity contribution in [2.75, 3.05) is 6.61 Å². The second-order valence-corrected chi connectivity index (χ2v) is 3.49. The molecule has 0 atom stereocenters. The lowest BCUT2D eigenvalue weighted by Gasteiger charge is -2.12. The van der Waals surface area contributed by atoms with Crippen LogP contribution in [0.15, 0.2) is 6.07 Å². The number of carbonyl (C=O) groups is 1. The second kappa shape index (κ2) is 5.72. The van der Waals surface area contributed by atoms with Crippen LogP contribution in [0.1, 0.15) is 23.0 Å². The third-order valence-electron chi connectivity index (χ3n) is 1.97. The van der Waals surface area contributed by atoms with E-state index in [0.29, 0.717) is 0 Å². The highest BCUT2D eigenvalue weighted by atomic mass is 19.4. The van der Waals surface area contributed by atoms with E-state index in [4.69, 9.17) is 0 Å². The topological polar surface area (TPSA) is 91.6 Å². The molecule has 1 aromatic heterocycles. The van der Waals surface area contributed by atoms with Crippen molar-refractivity contribution in [2.45, 2.75) is 20.2 Å². The molecule has 0 aliphatic heterocycles. The smallest absolute Gasteiger partial charge is 0.462 e. The Balaban J connectivity index is 3.47. The van der Waals surface area contributed by atoms with Gasteiger partial charge in [0, 0.05) is 13.0 Å². The largest absolute Gasteiger partial charge is 0.573 e. The Morgan fingerprint density at radius 3 is 2.55 bits per heavy atom. The van der Waals surface area contributed by atoms with Crippen molar-refractivity contribution in [1.29, 1.82) is 0 Å². The Kier molecular flexibility index (Phi) is 4.48. The maximum atomic E-state index is 12.3. The van der Waals surface area contributed by atoms with E-state index in [1.807, 2.05) is 0 Å². The molecule has 1 rings (SSSR count). The van der Waals surface area contributed by atoms with Crippen LogP contribution in [0.5, 0.6) is 5.75 Å². The zero-order valence-electron chi connectivity index (χ0n) is 10.4. The predicted molar refractivity (Wildman–Crippen MR) is 58.3 cm³/mol. The zero-order valence-corrected chi connectivity index (χ0v) is 10.4. The first-order valence-electron chi connectivity index (χ1n) is 5.24. The molecular weight excluding hydrogens is 285 g/mol. The number of ether oxygens (including phenoxy) is 2. The Hall–Kier alpha value is -2.39. The summed E-state index contributed by atoms with van der Waals surface area (Å²) in [6.07, 6.45) is -5.21. The number of nitro groups is 1. The average molecular weight is 294 g/mol. The normalized spacial score (nSPS) is 11.1. The molecule has 7 nitrogen and oxygen atoms in total. The summed E-state index contributed by atoms with van der Waals surface area (Å²) in [7, 11) is 0. The fourth-order valence-corrected chi connectivity index (χ4v) is 1.35. The number of hydrogen-bond acceptors (Lipinski definition) is 6. The van der Waals surface area contributed by atoms with Gasteiger partial charge in [0.2, 0.25) is 5.75 Å². The van der Waals surface area contributed by atoms with Gasteiger partial charge < -0.3 is 19.6 Å². The molecular formula is C10H9F3N2O5. The molecule has 0 fully saturated rings. The van der Waals surface area contributed by atoms with Crippen LogP contribution in [-0.4, -0.2) is 28.8 Å². The molecule has 1 aromatic rings. The van der Waals surface area contributed by atoms with Gasteiger partial charge in [0.05, 0.1) is 6.61 Å². The van der Waals surface area contributed by atoms with Crippen molar-refractivity contribution in [1.82, 2.24) is 4.98 Å². The summed E-state index contributed by atoms with van der Waals surface area (Å²) >= 11 is 0. The summed E-state index contributed by atoms with van der Waals surface area (Å²) < 4.78 is 44.9. The summed E-state index contributed by atoms with van der Waals surface area (Å²) in [5.41, 5.74) is -0.724. The number of nitrogens with zero attached hydrogens (tertiary/aromatic N) is 2. The molecule has 10 heteroatoms. The van der Waals surface area contributed by atoms with Crippen LogP contribution < -0.4 is 4.74 Å². The van der Waals surface area contributed by atoms with Crippen molar-refractivity contribution < 1.29 is 32.4 Å². The van der Waals surface area contributed by atoms with Gasteiger partial charge in [0.1, 0.15) is 5.56 Å². The highest BCUT2D eigenvalue weighted by Crippen LogP contribution is 2.34. The van der Waals surface area contributed by atoms with E-state index >= 15 is 0 Å². The molecule has 0 aromatic carbocycles. The van der Waals surface area contributed by atoms with Gasteiger partial charge in [-0.1, -0.05) is 0 Å². The minimum Gasteiger partial charge on any atom is -0.462 e. The average Bonchev–Trinajstić information content (AvgIpc) is 2.29. The molecule has 0 N–H and O–H groups in total. The monoisotopic (exact) mass is 294 g/mol. The first-order valence-corrected chi connectivity index (χ1v) is 5.24. The molecule has 0 unspecified atom stereocenters. The highest BCUT2D eigenvalue weighted by molar-refractivity contribution is 5.93. The molecule has 0 spiro atoms. The van der Waals surface area contributed by atoms with Crippen molar-refractivity contribution in [2.24, 2.45) is 0 Å². The molecule has 0 saturated heterocycles. The SMILES string of the molecule is CCOC(=O)c1cc(C)nc([N+](=O)[O-])c1OC(F)(F)F. The number of hydrogen-bond donors (Lipinski definition) is 0. The standard InChI is InChI=1S/C10H9F3N2O5/c1-3-19-9(16)6-4-5(2)14-8(15(17)18)7(6)20-10(11,12)13/h4H,3H2,1-2H3. The van der Waals surface area contributed by atoms with E-state index < -0.39 is 34.4 Å².